The molecule has 21 heavy (non-hydrogen) atoms. The van der Waals surface area contributed by atoms with Crippen molar-refractivity contribution in [1.82, 2.24) is 4.90 Å². The van der Waals surface area contributed by atoms with E-state index < -0.39 is 5.92 Å². The van der Waals surface area contributed by atoms with Gasteiger partial charge in [-0.3, -0.25) is 9.59 Å². The van der Waals surface area contributed by atoms with E-state index in [0.717, 1.165) is 12.2 Å². The Morgan fingerprint density at radius 3 is 2.05 bits per heavy atom. The van der Waals surface area contributed by atoms with Crippen LogP contribution in [-0.4, -0.2) is 42.6 Å². The van der Waals surface area contributed by atoms with Crippen molar-refractivity contribution in [2.45, 2.75) is 53.5 Å². The van der Waals surface area contributed by atoms with Gasteiger partial charge in [-0.15, -0.1) is 0 Å². The fourth-order valence-electron chi connectivity index (χ4n) is 2.28. The van der Waals surface area contributed by atoms with Crippen LogP contribution in [0, 0.1) is 5.92 Å². The first-order chi connectivity index (χ1) is 9.87. The number of rotatable bonds is 10. The summed E-state index contributed by atoms with van der Waals surface area (Å²) in [5.74, 6) is -1.29. The third-order valence-electron chi connectivity index (χ3n) is 3.19. The minimum atomic E-state index is -0.538. The van der Waals surface area contributed by atoms with Gasteiger partial charge in [-0.05, 0) is 34.6 Å². The Labute approximate surface area is 128 Å². The minimum absolute atomic E-state index is 0.0291. The zero-order chi connectivity index (χ0) is 16.4. The van der Waals surface area contributed by atoms with Crippen LogP contribution in [-0.2, 0) is 19.1 Å². The molecule has 1 unspecified atom stereocenters. The van der Waals surface area contributed by atoms with Crippen molar-refractivity contribution in [2.75, 3.05) is 19.8 Å². The minimum Gasteiger partial charge on any atom is -0.466 e. The van der Waals surface area contributed by atoms with Crippen LogP contribution in [0.1, 0.15) is 47.5 Å². The fraction of sp³-hybridized carbons (Fsp3) is 0.750. The first-order valence-corrected chi connectivity index (χ1v) is 7.63. The van der Waals surface area contributed by atoms with Gasteiger partial charge in [-0.25, -0.2) is 0 Å². The third kappa shape index (κ3) is 7.16. The Hall–Kier alpha value is -1.52. The lowest BCUT2D eigenvalue weighted by molar-refractivity contribution is -0.154. The third-order valence-corrected chi connectivity index (χ3v) is 3.19. The van der Waals surface area contributed by atoms with Gasteiger partial charge in [0.25, 0.3) is 0 Å². The van der Waals surface area contributed by atoms with E-state index in [0.29, 0.717) is 25.7 Å². The van der Waals surface area contributed by atoms with Crippen LogP contribution in [0.25, 0.3) is 0 Å². The first-order valence-electron chi connectivity index (χ1n) is 7.63. The van der Waals surface area contributed by atoms with Crippen LogP contribution < -0.4 is 0 Å². The summed E-state index contributed by atoms with van der Waals surface area (Å²) in [7, 11) is 0. The molecule has 122 valence electrons. The topological polar surface area (TPSA) is 55.8 Å². The molecule has 0 bridgehead atoms. The van der Waals surface area contributed by atoms with E-state index in [1.54, 1.807) is 13.8 Å². The maximum absolute atomic E-state index is 12.0. The molecule has 0 aliphatic rings. The maximum atomic E-state index is 12.0. The van der Waals surface area contributed by atoms with Crippen LogP contribution >= 0.6 is 0 Å². The highest BCUT2D eigenvalue weighted by Gasteiger charge is 2.26. The highest BCUT2D eigenvalue weighted by molar-refractivity contribution is 5.80. The lowest BCUT2D eigenvalue weighted by Gasteiger charge is -2.31. The summed E-state index contributed by atoms with van der Waals surface area (Å²) in [5, 5.41) is 0. The van der Waals surface area contributed by atoms with E-state index in [9.17, 15) is 9.59 Å². The predicted molar refractivity (Wildman–Crippen MR) is 82.6 cm³/mol. The molecule has 0 aliphatic heterocycles. The highest BCUT2D eigenvalue weighted by Crippen LogP contribution is 2.21. The zero-order valence-corrected chi connectivity index (χ0v) is 14.0. The lowest BCUT2D eigenvalue weighted by Crippen LogP contribution is -2.32. The van der Waals surface area contributed by atoms with Crippen molar-refractivity contribution in [2.24, 2.45) is 5.92 Å². The SMILES string of the molecule is C=C(CC(CC(=O)OCC)C(=O)OCC)N(CC)C(C)C. The van der Waals surface area contributed by atoms with Crippen LogP contribution in [0.5, 0.6) is 0 Å². The Morgan fingerprint density at radius 2 is 1.62 bits per heavy atom. The Morgan fingerprint density at radius 1 is 1.05 bits per heavy atom. The summed E-state index contributed by atoms with van der Waals surface area (Å²) in [6, 6.07) is 0.299. The molecule has 0 saturated carbocycles. The van der Waals surface area contributed by atoms with Crippen molar-refractivity contribution in [1.29, 1.82) is 0 Å². The van der Waals surface area contributed by atoms with Gasteiger partial charge in [0.05, 0.1) is 25.6 Å². The van der Waals surface area contributed by atoms with E-state index in [1.807, 2.05) is 6.92 Å². The van der Waals surface area contributed by atoms with Crippen LogP contribution in [0.4, 0.5) is 0 Å². The molecule has 0 N–H and O–H groups in total. The smallest absolute Gasteiger partial charge is 0.309 e. The molecule has 0 radical (unpaired) electrons. The van der Waals surface area contributed by atoms with Gasteiger partial charge in [0.2, 0.25) is 0 Å². The number of nitrogens with zero attached hydrogens (tertiary/aromatic N) is 1. The van der Waals surface area contributed by atoms with Gasteiger partial charge in [-0.1, -0.05) is 6.58 Å². The second-order valence-electron chi connectivity index (χ2n) is 5.11. The van der Waals surface area contributed by atoms with Gasteiger partial charge in [0, 0.05) is 24.7 Å². The largest absolute Gasteiger partial charge is 0.466 e. The molecular formula is C16H29NO4. The predicted octanol–water partition coefficient (Wildman–Crippen LogP) is 2.75. The summed E-state index contributed by atoms with van der Waals surface area (Å²) in [4.78, 5) is 25.8. The number of hydrogen-bond donors (Lipinski definition) is 0. The van der Waals surface area contributed by atoms with Crippen molar-refractivity contribution < 1.29 is 19.1 Å². The van der Waals surface area contributed by atoms with Gasteiger partial charge >= 0.3 is 11.9 Å². The molecular weight excluding hydrogens is 270 g/mol. The molecule has 0 amide bonds. The quantitative estimate of drug-likeness (QED) is 0.581. The Balaban J connectivity index is 4.84. The van der Waals surface area contributed by atoms with E-state index in [2.05, 4.69) is 25.3 Å². The summed E-state index contributed by atoms with van der Waals surface area (Å²) < 4.78 is 9.98. The molecule has 0 aromatic rings. The number of carbonyl (C=O) groups excluding carboxylic acids is 2. The number of ether oxygens (including phenoxy) is 2. The molecule has 0 rings (SSSR count). The second kappa shape index (κ2) is 10.2. The first kappa shape index (κ1) is 19.5. The van der Waals surface area contributed by atoms with Gasteiger partial charge in [-0.2, -0.15) is 0 Å². The van der Waals surface area contributed by atoms with Gasteiger partial charge in [0.15, 0.2) is 0 Å². The van der Waals surface area contributed by atoms with Crippen LogP contribution in [0.15, 0.2) is 12.3 Å². The molecule has 5 heteroatoms. The molecule has 1 atom stereocenters. The average molecular weight is 299 g/mol. The monoisotopic (exact) mass is 299 g/mol. The average Bonchev–Trinajstić information content (AvgIpc) is 2.38. The van der Waals surface area contributed by atoms with E-state index in [4.69, 9.17) is 9.47 Å². The summed E-state index contributed by atoms with van der Waals surface area (Å²) in [6.07, 6.45) is 0.436. The van der Waals surface area contributed by atoms with Crippen molar-refractivity contribution in [3.05, 3.63) is 12.3 Å². The number of hydrogen-bond acceptors (Lipinski definition) is 5. The maximum Gasteiger partial charge on any atom is 0.309 e. The van der Waals surface area contributed by atoms with Gasteiger partial charge in [0.1, 0.15) is 0 Å². The van der Waals surface area contributed by atoms with Crippen LogP contribution in [0.2, 0.25) is 0 Å². The fourth-order valence-corrected chi connectivity index (χ4v) is 2.28. The zero-order valence-electron chi connectivity index (χ0n) is 14.0. The van der Waals surface area contributed by atoms with E-state index in [1.165, 1.54) is 0 Å². The summed E-state index contributed by atoms with van der Waals surface area (Å²) in [6.45, 7) is 15.1. The van der Waals surface area contributed by atoms with Gasteiger partial charge < -0.3 is 14.4 Å². The van der Waals surface area contributed by atoms with Crippen molar-refractivity contribution >= 4 is 11.9 Å². The molecule has 0 spiro atoms. The number of esters is 2. The normalized spacial score (nSPS) is 11.9. The highest BCUT2D eigenvalue weighted by atomic mass is 16.5. The standard InChI is InChI=1S/C16H29NO4/c1-7-17(12(4)5)13(6)10-14(16(19)21-9-3)11-15(18)20-8-2/h12,14H,6-11H2,1-5H3. The second-order valence-corrected chi connectivity index (χ2v) is 5.11. The Kier molecular flexibility index (Phi) is 9.50. The number of allylic oxidation sites excluding steroid dienone is 1. The molecule has 0 fully saturated rings. The molecule has 0 aliphatic carbocycles. The Bertz CT molecular complexity index is 352. The summed E-state index contributed by atoms with van der Waals surface area (Å²) >= 11 is 0. The van der Waals surface area contributed by atoms with E-state index >= 15 is 0 Å². The van der Waals surface area contributed by atoms with E-state index in [-0.39, 0.29) is 18.4 Å². The van der Waals surface area contributed by atoms with Crippen molar-refractivity contribution in [3.8, 4) is 0 Å². The molecule has 0 aromatic heterocycles. The number of carbonyl (C=O) groups is 2. The molecule has 0 heterocycles. The molecule has 0 saturated heterocycles. The lowest BCUT2D eigenvalue weighted by atomic mass is 9.99. The molecule has 5 nitrogen and oxygen atoms in total. The van der Waals surface area contributed by atoms with Crippen LogP contribution in [0.3, 0.4) is 0 Å². The molecule has 0 aromatic carbocycles. The summed E-state index contributed by atoms with van der Waals surface area (Å²) in [5.41, 5.74) is 0.842. The van der Waals surface area contributed by atoms with Crippen molar-refractivity contribution in [3.63, 3.8) is 0 Å².